The molecule has 0 amide bonds. The van der Waals surface area contributed by atoms with Gasteiger partial charge in [0.15, 0.2) is 0 Å². The maximum absolute atomic E-state index is 12.2. The molecule has 0 unspecified atom stereocenters. The van der Waals surface area contributed by atoms with Gasteiger partial charge < -0.3 is 4.74 Å². The van der Waals surface area contributed by atoms with Crippen molar-refractivity contribution >= 4 is 27.6 Å². The van der Waals surface area contributed by atoms with Crippen LogP contribution in [0.25, 0.3) is 0 Å². The predicted octanol–water partition coefficient (Wildman–Crippen LogP) is 4.87. The highest BCUT2D eigenvalue weighted by Crippen LogP contribution is 2.32. The average Bonchev–Trinajstić information content (AvgIpc) is 2.48. The van der Waals surface area contributed by atoms with Crippen LogP contribution in [0.1, 0.15) is 36.7 Å². The Morgan fingerprint density at radius 1 is 1.17 bits per heavy atom. The lowest BCUT2D eigenvalue weighted by molar-refractivity contribution is -0.384. The summed E-state index contributed by atoms with van der Waals surface area (Å²) < 4.78 is 5.98. The molecule has 2 aromatic carbocycles. The molecule has 0 spiro atoms. The van der Waals surface area contributed by atoms with Crippen molar-refractivity contribution in [2.75, 3.05) is 0 Å². The number of halogens is 1. The average molecular weight is 378 g/mol. The smallest absolute Gasteiger partial charge is 0.343 e. The third-order valence-electron chi connectivity index (χ3n) is 3.29. The molecule has 0 fully saturated rings. The SMILES string of the molecule is CC(C)(C)c1ccc(OC(=O)c2cccc([N+](=O)[O-])c2)c(Br)c1. The molecule has 2 rings (SSSR count). The molecule has 23 heavy (non-hydrogen) atoms. The van der Waals surface area contributed by atoms with Gasteiger partial charge in [0.2, 0.25) is 0 Å². The largest absolute Gasteiger partial charge is 0.422 e. The van der Waals surface area contributed by atoms with Crippen molar-refractivity contribution in [3.63, 3.8) is 0 Å². The highest BCUT2D eigenvalue weighted by atomic mass is 79.9. The molecule has 0 saturated heterocycles. The molecule has 0 heterocycles. The van der Waals surface area contributed by atoms with Gasteiger partial charge in [-0.3, -0.25) is 10.1 Å². The van der Waals surface area contributed by atoms with E-state index in [1.807, 2.05) is 12.1 Å². The van der Waals surface area contributed by atoms with Crippen LogP contribution >= 0.6 is 15.9 Å². The van der Waals surface area contributed by atoms with Gasteiger partial charge in [-0.15, -0.1) is 0 Å². The molecular weight excluding hydrogens is 362 g/mol. The van der Waals surface area contributed by atoms with E-state index in [0.717, 1.165) is 5.56 Å². The van der Waals surface area contributed by atoms with Crippen molar-refractivity contribution in [3.8, 4) is 5.75 Å². The van der Waals surface area contributed by atoms with Crippen LogP contribution in [0.15, 0.2) is 46.9 Å². The topological polar surface area (TPSA) is 69.4 Å². The van der Waals surface area contributed by atoms with E-state index in [1.165, 1.54) is 24.3 Å². The Hall–Kier alpha value is -2.21. The van der Waals surface area contributed by atoms with Crippen molar-refractivity contribution < 1.29 is 14.5 Å². The molecule has 0 saturated carbocycles. The van der Waals surface area contributed by atoms with Gasteiger partial charge in [-0.2, -0.15) is 0 Å². The molecule has 0 aliphatic rings. The number of carbonyl (C=O) groups excluding carboxylic acids is 1. The summed E-state index contributed by atoms with van der Waals surface area (Å²) in [7, 11) is 0. The number of esters is 1. The van der Waals surface area contributed by atoms with Gasteiger partial charge in [0.05, 0.1) is 15.0 Å². The number of ether oxygens (including phenoxy) is 1. The van der Waals surface area contributed by atoms with Gasteiger partial charge in [-0.05, 0) is 45.1 Å². The minimum absolute atomic E-state index is 0.0227. The van der Waals surface area contributed by atoms with Crippen LogP contribution in [0.4, 0.5) is 5.69 Å². The Kier molecular flexibility index (Phi) is 4.85. The summed E-state index contributed by atoms with van der Waals surface area (Å²) in [5, 5.41) is 10.8. The summed E-state index contributed by atoms with van der Waals surface area (Å²) in [5.74, 6) is -0.271. The fraction of sp³-hybridized carbons (Fsp3) is 0.235. The molecule has 0 N–H and O–H groups in total. The molecule has 2 aromatic rings. The predicted molar refractivity (Wildman–Crippen MR) is 90.9 cm³/mol. The van der Waals surface area contributed by atoms with E-state index in [4.69, 9.17) is 4.74 Å². The molecule has 0 aliphatic carbocycles. The zero-order valence-electron chi connectivity index (χ0n) is 13.0. The van der Waals surface area contributed by atoms with E-state index in [1.54, 1.807) is 6.07 Å². The van der Waals surface area contributed by atoms with Crippen molar-refractivity contribution in [1.82, 2.24) is 0 Å². The lowest BCUT2D eigenvalue weighted by Crippen LogP contribution is -2.12. The van der Waals surface area contributed by atoms with Crippen LogP contribution in [0.5, 0.6) is 5.75 Å². The van der Waals surface area contributed by atoms with E-state index >= 15 is 0 Å². The van der Waals surface area contributed by atoms with Crippen molar-refractivity contribution in [2.24, 2.45) is 0 Å². The Bertz CT molecular complexity index is 765. The first-order valence-electron chi connectivity index (χ1n) is 6.95. The standard InChI is InChI=1S/C17H16BrNO4/c1-17(2,3)12-7-8-15(14(18)10-12)23-16(20)11-5-4-6-13(9-11)19(21)22/h4-10H,1-3H3. The van der Waals surface area contributed by atoms with Crippen molar-refractivity contribution in [2.45, 2.75) is 26.2 Å². The second-order valence-electron chi connectivity index (χ2n) is 6.09. The number of nitro benzene ring substituents is 1. The van der Waals surface area contributed by atoms with Crippen molar-refractivity contribution in [3.05, 3.63) is 68.2 Å². The first-order chi connectivity index (χ1) is 10.7. The Labute approximate surface area is 142 Å². The fourth-order valence-electron chi connectivity index (χ4n) is 1.96. The van der Waals surface area contributed by atoms with E-state index in [2.05, 4.69) is 36.7 Å². The first kappa shape index (κ1) is 17.1. The third-order valence-corrected chi connectivity index (χ3v) is 3.91. The Balaban J connectivity index is 2.24. The van der Waals surface area contributed by atoms with E-state index in [0.29, 0.717) is 10.2 Å². The number of hydrogen-bond acceptors (Lipinski definition) is 4. The zero-order chi connectivity index (χ0) is 17.2. The van der Waals surface area contributed by atoms with Crippen molar-refractivity contribution in [1.29, 1.82) is 0 Å². The number of carbonyl (C=O) groups is 1. The number of non-ortho nitro benzene ring substituents is 1. The third kappa shape index (κ3) is 4.16. The van der Waals surface area contributed by atoms with E-state index in [-0.39, 0.29) is 16.7 Å². The normalized spacial score (nSPS) is 11.1. The molecule has 6 heteroatoms. The number of rotatable bonds is 3. The molecule has 0 atom stereocenters. The van der Waals surface area contributed by atoms with Gasteiger partial charge in [0.25, 0.3) is 5.69 Å². The summed E-state index contributed by atoms with van der Waals surface area (Å²) >= 11 is 3.39. The Morgan fingerprint density at radius 2 is 1.87 bits per heavy atom. The van der Waals surface area contributed by atoms with Gasteiger partial charge in [0, 0.05) is 12.1 Å². The summed E-state index contributed by atoms with van der Waals surface area (Å²) in [6, 6.07) is 10.9. The van der Waals surface area contributed by atoms with Gasteiger partial charge in [-0.1, -0.05) is 32.9 Å². The molecule has 0 radical (unpaired) electrons. The highest BCUT2D eigenvalue weighted by molar-refractivity contribution is 9.10. The van der Waals surface area contributed by atoms with Gasteiger partial charge in [0.1, 0.15) is 5.75 Å². The van der Waals surface area contributed by atoms with Crippen LogP contribution in [0.3, 0.4) is 0 Å². The maximum atomic E-state index is 12.2. The van der Waals surface area contributed by atoms with Gasteiger partial charge >= 0.3 is 5.97 Å². The molecule has 0 bridgehead atoms. The number of nitrogens with zero attached hydrogens (tertiary/aromatic N) is 1. The second-order valence-corrected chi connectivity index (χ2v) is 6.95. The summed E-state index contributed by atoms with van der Waals surface area (Å²) in [6.07, 6.45) is 0. The van der Waals surface area contributed by atoms with Crippen LogP contribution in [0, 0.1) is 10.1 Å². The molecule has 0 aromatic heterocycles. The zero-order valence-corrected chi connectivity index (χ0v) is 14.6. The summed E-state index contributed by atoms with van der Waals surface area (Å²) in [5.41, 5.74) is 1.05. The number of nitro groups is 1. The molecular formula is C17H16BrNO4. The van der Waals surface area contributed by atoms with Crippen LogP contribution in [0.2, 0.25) is 0 Å². The molecule has 0 aliphatic heterocycles. The molecule has 120 valence electrons. The minimum atomic E-state index is -0.641. The van der Waals surface area contributed by atoms with E-state index < -0.39 is 10.9 Å². The number of benzene rings is 2. The second kappa shape index (κ2) is 6.50. The minimum Gasteiger partial charge on any atom is -0.422 e. The van der Waals surface area contributed by atoms with Crippen LogP contribution < -0.4 is 4.74 Å². The first-order valence-corrected chi connectivity index (χ1v) is 7.74. The summed E-state index contributed by atoms with van der Waals surface area (Å²) in [6.45, 7) is 6.26. The lowest BCUT2D eigenvalue weighted by atomic mass is 9.87. The maximum Gasteiger partial charge on any atom is 0.343 e. The lowest BCUT2D eigenvalue weighted by Gasteiger charge is -2.20. The van der Waals surface area contributed by atoms with E-state index in [9.17, 15) is 14.9 Å². The van der Waals surface area contributed by atoms with Crippen LogP contribution in [-0.2, 0) is 5.41 Å². The van der Waals surface area contributed by atoms with Crippen LogP contribution in [-0.4, -0.2) is 10.9 Å². The fourth-order valence-corrected chi connectivity index (χ4v) is 2.42. The monoisotopic (exact) mass is 377 g/mol. The Morgan fingerprint density at radius 3 is 2.43 bits per heavy atom. The number of hydrogen-bond donors (Lipinski definition) is 0. The summed E-state index contributed by atoms with van der Waals surface area (Å²) in [4.78, 5) is 22.4. The molecule has 5 nitrogen and oxygen atoms in total. The quantitative estimate of drug-likeness (QED) is 0.331. The highest BCUT2D eigenvalue weighted by Gasteiger charge is 2.18. The van der Waals surface area contributed by atoms with Gasteiger partial charge in [-0.25, -0.2) is 4.79 Å².